The van der Waals surface area contributed by atoms with Gasteiger partial charge in [0.25, 0.3) is 17.7 Å². The van der Waals surface area contributed by atoms with Crippen molar-refractivity contribution < 1.29 is 19.1 Å². The fourth-order valence-electron chi connectivity index (χ4n) is 3.95. The van der Waals surface area contributed by atoms with Gasteiger partial charge in [0.2, 0.25) is 0 Å². The lowest BCUT2D eigenvalue weighted by Gasteiger charge is -2.11. The van der Waals surface area contributed by atoms with Crippen LogP contribution in [0.25, 0.3) is 0 Å². The van der Waals surface area contributed by atoms with E-state index in [1.807, 2.05) is 6.07 Å². The molecule has 3 amide bonds. The van der Waals surface area contributed by atoms with Gasteiger partial charge in [-0.1, -0.05) is 18.9 Å². The lowest BCUT2D eigenvalue weighted by atomic mass is 10.00. The molecule has 0 bridgehead atoms. The molecule has 31 heavy (non-hydrogen) atoms. The Kier molecular flexibility index (Phi) is 6.99. The number of fused-ring (bicyclic) bond motifs is 1. The number of carbonyl (C=O) groups excluding carboxylic acids is 3. The fraction of sp³-hybridized carbons (Fsp3) is 0.435. The van der Waals surface area contributed by atoms with E-state index >= 15 is 0 Å². The molecule has 7 nitrogen and oxygen atoms in total. The van der Waals surface area contributed by atoms with Gasteiger partial charge in [0.05, 0.1) is 4.88 Å². The highest BCUT2D eigenvalue weighted by Gasteiger charge is 2.23. The summed E-state index contributed by atoms with van der Waals surface area (Å²) >= 11 is 1.51. The predicted molar refractivity (Wildman–Crippen MR) is 119 cm³/mol. The average Bonchev–Trinajstić information content (AvgIpc) is 3.42. The maximum Gasteiger partial charge on any atom is 0.279 e. The molecule has 1 fully saturated rings. The lowest BCUT2D eigenvalue weighted by molar-refractivity contribution is -0.124. The zero-order valence-corrected chi connectivity index (χ0v) is 18.2. The Bertz CT molecular complexity index is 940. The molecule has 2 aromatic rings. The number of rotatable bonds is 4. The van der Waals surface area contributed by atoms with Crippen molar-refractivity contribution in [2.75, 3.05) is 11.9 Å². The third-order valence-corrected chi connectivity index (χ3v) is 6.86. The Balaban J connectivity index is 1.33. The van der Waals surface area contributed by atoms with Crippen LogP contribution in [0.15, 0.2) is 30.3 Å². The maximum absolute atomic E-state index is 12.5. The van der Waals surface area contributed by atoms with E-state index in [1.165, 1.54) is 34.6 Å². The largest absolute Gasteiger partial charge is 0.368 e. The zero-order chi connectivity index (χ0) is 21.6. The summed E-state index contributed by atoms with van der Waals surface area (Å²) in [7, 11) is 0. The average molecular weight is 442 g/mol. The topological polar surface area (TPSA) is 96.5 Å². The van der Waals surface area contributed by atoms with Crippen LogP contribution in [0.5, 0.6) is 0 Å². The van der Waals surface area contributed by atoms with Gasteiger partial charge in [-0.15, -0.1) is 11.3 Å². The Hall–Kier alpha value is -2.71. The van der Waals surface area contributed by atoms with E-state index in [2.05, 4.69) is 16.2 Å². The Labute approximate surface area is 185 Å². The summed E-state index contributed by atoms with van der Waals surface area (Å²) in [4.78, 5) is 39.1. The van der Waals surface area contributed by atoms with Crippen LogP contribution in [0, 0.1) is 0 Å². The molecule has 1 aliphatic heterocycles. The van der Waals surface area contributed by atoms with Crippen molar-refractivity contribution >= 4 is 34.7 Å². The van der Waals surface area contributed by atoms with Crippen LogP contribution >= 0.6 is 11.3 Å². The number of anilines is 1. The van der Waals surface area contributed by atoms with Crippen LogP contribution in [0.1, 0.15) is 69.0 Å². The van der Waals surface area contributed by atoms with Gasteiger partial charge in [0.15, 0.2) is 0 Å². The normalized spacial score (nSPS) is 18.4. The SMILES string of the molecule is O=C(NNC(=O)c1cc2c(s1)CCCCCC2)c1cccc(NC(=O)[C@@H]2CCCO2)c1. The molecule has 1 aromatic carbocycles. The predicted octanol–water partition coefficient (Wildman–Crippen LogP) is 3.60. The van der Waals surface area contributed by atoms with Gasteiger partial charge in [-0.2, -0.15) is 0 Å². The van der Waals surface area contributed by atoms with Crippen LogP contribution in [0.3, 0.4) is 0 Å². The van der Waals surface area contributed by atoms with E-state index in [9.17, 15) is 14.4 Å². The number of ether oxygens (including phenoxy) is 1. The molecule has 0 saturated carbocycles. The minimum atomic E-state index is -0.448. The Morgan fingerprint density at radius 2 is 1.74 bits per heavy atom. The van der Waals surface area contributed by atoms with Crippen LogP contribution in [0.2, 0.25) is 0 Å². The molecule has 3 N–H and O–H groups in total. The number of hydrogen-bond donors (Lipinski definition) is 3. The van der Waals surface area contributed by atoms with Crippen molar-refractivity contribution in [2.24, 2.45) is 0 Å². The number of thiophene rings is 1. The number of benzene rings is 1. The second-order valence-electron chi connectivity index (χ2n) is 7.95. The lowest BCUT2D eigenvalue weighted by Crippen LogP contribution is -2.41. The van der Waals surface area contributed by atoms with Crippen molar-refractivity contribution in [1.29, 1.82) is 0 Å². The summed E-state index contributed by atoms with van der Waals surface area (Å²) in [5.74, 6) is -0.971. The van der Waals surface area contributed by atoms with Crippen LogP contribution in [0.4, 0.5) is 5.69 Å². The maximum atomic E-state index is 12.5. The number of nitrogens with one attached hydrogen (secondary N) is 3. The third-order valence-electron chi connectivity index (χ3n) is 5.62. The minimum Gasteiger partial charge on any atom is -0.368 e. The molecule has 1 saturated heterocycles. The first-order chi connectivity index (χ1) is 15.1. The Morgan fingerprint density at radius 1 is 0.935 bits per heavy atom. The van der Waals surface area contributed by atoms with Crippen molar-refractivity contribution in [3.63, 3.8) is 0 Å². The smallest absolute Gasteiger partial charge is 0.279 e. The molecule has 1 atom stereocenters. The van der Waals surface area contributed by atoms with E-state index in [0.29, 0.717) is 29.2 Å². The van der Waals surface area contributed by atoms with Gasteiger partial charge in [-0.25, -0.2) is 0 Å². The molecular weight excluding hydrogens is 414 g/mol. The summed E-state index contributed by atoms with van der Waals surface area (Å²) in [6.45, 7) is 0.591. The van der Waals surface area contributed by atoms with Gasteiger partial charge in [0.1, 0.15) is 6.10 Å². The number of hydrogen-bond acceptors (Lipinski definition) is 5. The van der Waals surface area contributed by atoms with Crippen molar-refractivity contribution in [3.05, 3.63) is 51.2 Å². The molecule has 4 rings (SSSR count). The standard InChI is InChI=1S/C23H27N3O4S/c27-21(16-8-5-9-17(13-16)24-22(28)18-10-6-12-30-18)25-26-23(29)20-14-15-7-3-1-2-4-11-19(15)31-20/h5,8-9,13-14,18H,1-4,6-7,10-12H2,(H,24,28)(H,25,27)(H,26,29)/t18-/m0/s1. The molecule has 164 valence electrons. The molecule has 0 spiro atoms. The highest BCUT2D eigenvalue weighted by molar-refractivity contribution is 7.14. The van der Waals surface area contributed by atoms with Crippen molar-refractivity contribution in [1.82, 2.24) is 10.9 Å². The number of amides is 3. The van der Waals surface area contributed by atoms with Crippen LogP contribution in [-0.4, -0.2) is 30.4 Å². The van der Waals surface area contributed by atoms with Gasteiger partial charge < -0.3 is 10.1 Å². The van der Waals surface area contributed by atoms with E-state index in [1.54, 1.807) is 24.3 Å². The molecular formula is C23H27N3O4S. The summed E-state index contributed by atoms with van der Waals surface area (Å²) in [6, 6.07) is 8.55. The Morgan fingerprint density at radius 3 is 2.55 bits per heavy atom. The first-order valence-electron chi connectivity index (χ1n) is 10.8. The summed E-state index contributed by atoms with van der Waals surface area (Å²) in [5, 5.41) is 2.78. The number of aryl methyl sites for hydroxylation is 2. The van der Waals surface area contributed by atoms with Crippen molar-refractivity contribution in [2.45, 2.75) is 57.5 Å². The fourth-order valence-corrected chi connectivity index (χ4v) is 5.10. The molecule has 0 radical (unpaired) electrons. The monoisotopic (exact) mass is 441 g/mol. The van der Waals surface area contributed by atoms with Crippen LogP contribution < -0.4 is 16.2 Å². The van der Waals surface area contributed by atoms with E-state index in [-0.39, 0.29) is 11.8 Å². The molecule has 0 unspecified atom stereocenters. The van der Waals surface area contributed by atoms with Gasteiger partial charge in [0, 0.05) is 22.7 Å². The van der Waals surface area contributed by atoms with E-state index in [4.69, 9.17) is 4.74 Å². The second kappa shape index (κ2) is 10.1. The first kappa shape index (κ1) is 21.5. The molecule has 1 aromatic heterocycles. The summed E-state index contributed by atoms with van der Waals surface area (Å²) < 4.78 is 5.38. The highest BCUT2D eigenvalue weighted by atomic mass is 32.1. The molecule has 1 aliphatic carbocycles. The summed E-state index contributed by atoms with van der Waals surface area (Å²) in [5.41, 5.74) is 7.08. The van der Waals surface area contributed by atoms with E-state index in [0.717, 1.165) is 32.1 Å². The molecule has 2 aliphatic rings. The second-order valence-corrected chi connectivity index (χ2v) is 9.09. The van der Waals surface area contributed by atoms with Crippen LogP contribution in [-0.2, 0) is 22.4 Å². The molecule has 2 heterocycles. The minimum absolute atomic E-state index is 0.211. The third kappa shape index (κ3) is 5.51. The zero-order valence-electron chi connectivity index (χ0n) is 17.4. The summed E-state index contributed by atoms with van der Waals surface area (Å²) in [6.07, 6.45) is 7.94. The van der Waals surface area contributed by atoms with E-state index < -0.39 is 12.0 Å². The van der Waals surface area contributed by atoms with Gasteiger partial charge >= 0.3 is 0 Å². The number of hydrazine groups is 1. The number of carbonyl (C=O) groups is 3. The first-order valence-corrected chi connectivity index (χ1v) is 11.7. The highest BCUT2D eigenvalue weighted by Crippen LogP contribution is 2.28. The van der Waals surface area contributed by atoms with Gasteiger partial charge in [-0.3, -0.25) is 25.2 Å². The van der Waals surface area contributed by atoms with Crippen molar-refractivity contribution in [3.8, 4) is 0 Å². The van der Waals surface area contributed by atoms with Gasteiger partial charge in [-0.05, 0) is 68.4 Å². The molecule has 8 heteroatoms. The quantitative estimate of drug-likeness (QED) is 0.632.